The third kappa shape index (κ3) is 2.90. The molecule has 14 heavy (non-hydrogen) atoms. The third-order valence-electron chi connectivity index (χ3n) is 2.74. The quantitative estimate of drug-likeness (QED) is 0.659. The van der Waals surface area contributed by atoms with Crippen LogP contribution in [0.2, 0.25) is 0 Å². The van der Waals surface area contributed by atoms with Crippen LogP contribution in [0, 0.1) is 5.92 Å². The number of nitrogens with zero attached hydrogens (tertiary/aromatic N) is 1. The molecule has 1 aliphatic rings. The number of hydrogen-bond donors (Lipinski definition) is 0. The summed E-state index contributed by atoms with van der Waals surface area (Å²) in [7, 11) is 0. The molecule has 1 aliphatic heterocycles. The van der Waals surface area contributed by atoms with E-state index in [0.29, 0.717) is 6.04 Å². The van der Waals surface area contributed by atoms with Gasteiger partial charge >= 0.3 is 0 Å². The molecular weight excluding hydrogens is 170 g/mol. The van der Waals surface area contributed by atoms with Crippen molar-refractivity contribution < 1.29 is 0 Å². The van der Waals surface area contributed by atoms with Gasteiger partial charge in [-0.2, -0.15) is 0 Å². The Morgan fingerprint density at radius 3 is 2.57 bits per heavy atom. The molecule has 0 amide bonds. The second-order valence-electron chi connectivity index (χ2n) is 4.46. The van der Waals surface area contributed by atoms with Crippen molar-refractivity contribution in [2.24, 2.45) is 5.92 Å². The molecule has 80 valence electrons. The van der Waals surface area contributed by atoms with Gasteiger partial charge in [0, 0.05) is 12.6 Å². The highest BCUT2D eigenvalue weighted by Gasteiger charge is 2.13. The van der Waals surface area contributed by atoms with Gasteiger partial charge in [-0.25, -0.2) is 0 Å². The van der Waals surface area contributed by atoms with Crippen LogP contribution in [0.5, 0.6) is 0 Å². The summed E-state index contributed by atoms with van der Waals surface area (Å²) in [6.45, 7) is 10.1. The van der Waals surface area contributed by atoms with Gasteiger partial charge in [0.15, 0.2) is 0 Å². The molecule has 1 unspecified atom stereocenters. The maximum atomic E-state index is 2.43. The van der Waals surface area contributed by atoms with Gasteiger partial charge in [-0.15, -0.1) is 0 Å². The molecule has 1 nitrogen and oxygen atoms in total. The first-order valence-corrected chi connectivity index (χ1v) is 5.82. The van der Waals surface area contributed by atoms with Crippen LogP contribution in [0.3, 0.4) is 0 Å². The highest BCUT2D eigenvalue weighted by Crippen LogP contribution is 2.20. The Morgan fingerprint density at radius 1 is 1.36 bits per heavy atom. The van der Waals surface area contributed by atoms with E-state index in [9.17, 15) is 0 Å². The Balaban J connectivity index is 2.64. The van der Waals surface area contributed by atoms with Crippen molar-refractivity contribution in [2.75, 3.05) is 6.54 Å². The summed E-state index contributed by atoms with van der Waals surface area (Å²) in [5.74, 6) is 0.761. The van der Waals surface area contributed by atoms with Crippen molar-refractivity contribution in [3.05, 3.63) is 23.9 Å². The van der Waals surface area contributed by atoms with Gasteiger partial charge in [-0.3, -0.25) is 0 Å². The first kappa shape index (κ1) is 11.4. The monoisotopic (exact) mass is 193 g/mol. The summed E-state index contributed by atoms with van der Waals surface area (Å²) in [5.41, 5.74) is 1.51. The minimum atomic E-state index is 0.624. The SMILES string of the molecule is CCC1C=C(CC(C)C)C=CN1CC. The Kier molecular flexibility index (Phi) is 4.24. The van der Waals surface area contributed by atoms with Crippen LogP contribution in [0.25, 0.3) is 0 Å². The zero-order valence-corrected chi connectivity index (χ0v) is 9.96. The molecule has 0 aromatic rings. The summed E-state index contributed by atoms with van der Waals surface area (Å²) in [6.07, 6.45) is 9.38. The summed E-state index contributed by atoms with van der Waals surface area (Å²) < 4.78 is 0. The van der Waals surface area contributed by atoms with E-state index in [1.165, 1.54) is 18.4 Å². The molecule has 1 heteroatoms. The van der Waals surface area contributed by atoms with Crippen molar-refractivity contribution in [3.8, 4) is 0 Å². The predicted octanol–water partition coefficient (Wildman–Crippen LogP) is 3.59. The summed E-state index contributed by atoms with van der Waals surface area (Å²) >= 11 is 0. The number of rotatable bonds is 4. The lowest BCUT2D eigenvalue weighted by Gasteiger charge is -2.30. The second kappa shape index (κ2) is 5.23. The van der Waals surface area contributed by atoms with E-state index >= 15 is 0 Å². The van der Waals surface area contributed by atoms with Crippen LogP contribution in [-0.4, -0.2) is 17.5 Å². The van der Waals surface area contributed by atoms with Crippen LogP contribution >= 0.6 is 0 Å². The zero-order chi connectivity index (χ0) is 10.6. The van der Waals surface area contributed by atoms with Gasteiger partial charge < -0.3 is 4.90 Å². The average molecular weight is 193 g/mol. The summed E-state index contributed by atoms with van der Waals surface area (Å²) in [4.78, 5) is 2.41. The minimum absolute atomic E-state index is 0.624. The molecule has 0 fully saturated rings. The van der Waals surface area contributed by atoms with E-state index in [-0.39, 0.29) is 0 Å². The Labute approximate surface area is 88.5 Å². The largest absolute Gasteiger partial charge is 0.371 e. The van der Waals surface area contributed by atoms with Crippen molar-refractivity contribution in [1.82, 2.24) is 4.90 Å². The topological polar surface area (TPSA) is 3.24 Å². The van der Waals surface area contributed by atoms with E-state index in [1.807, 2.05) is 0 Å². The molecule has 0 spiro atoms. The van der Waals surface area contributed by atoms with E-state index in [2.05, 4.69) is 50.9 Å². The smallest absolute Gasteiger partial charge is 0.0470 e. The molecular formula is C13H23N. The maximum absolute atomic E-state index is 2.43. The number of allylic oxidation sites excluding steroid dienone is 2. The van der Waals surface area contributed by atoms with Gasteiger partial charge in [0.25, 0.3) is 0 Å². The van der Waals surface area contributed by atoms with Crippen LogP contribution in [0.15, 0.2) is 23.9 Å². The van der Waals surface area contributed by atoms with Crippen LogP contribution < -0.4 is 0 Å². The van der Waals surface area contributed by atoms with Gasteiger partial charge in [0.05, 0.1) is 0 Å². The van der Waals surface area contributed by atoms with Gasteiger partial charge in [-0.05, 0) is 43.5 Å². The first-order chi connectivity index (χ1) is 6.67. The second-order valence-corrected chi connectivity index (χ2v) is 4.46. The fourth-order valence-electron chi connectivity index (χ4n) is 2.00. The zero-order valence-electron chi connectivity index (χ0n) is 9.96. The van der Waals surface area contributed by atoms with Crippen molar-refractivity contribution in [3.63, 3.8) is 0 Å². The normalized spacial score (nSPS) is 21.6. The molecule has 1 rings (SSSR count). The maximum Gasteiger partial charge on any atom is 0.0470 e. The van der Waals surface area contributed by atoms with Crippen LogP contribution in [0.4, 0.5) is 0 Å². The molecule has 0 radical (unpaired) electrons. The Morgan fingerprint density at radius 2 is 2.07 bits per heavy atom. The fraction of sp³-hybridized carbons (Fsp3) is 0.692. The Bertz CT molecular complexity index is 225. The van der Waals surface area contributed by atoms with E-state index in [0.717, 1.165) is 12.5 Å². The summed E-state index contributed by atoms with van der Waals surface area (Å²) in [6, 6.07) is 0.624. The molecule has 1 heterocycles. The highest BCUT2D eigenvalue weighted by molar-refractivity contribution is 5.25. The highest BCUT2D eigenvalue weighted by atomic mass is 15.1. The van der Waals surface area contributed by atoms with Crippen LogP contribution in [-0.2, 0) is 0 Å². The lowest BCUT2D eigenvalue weighted by atomic mass is 9.97. The molecule has 0 aromatic carbocycles. The van der Waals surface area contributed by atoms with E-state index < -0.39 is 0 Å². The standard InChI is InChI=1S/C13H23N/c1-5-13-10-12(9-11(3)4)7-8-14(13)6-2/h7-8,10-11,13H,5-6,9H2,1-4H3. The minimum Gasteiger partial charge on any atom is -0.371 e. The first-order valence-electron chi connectivity index (χ1n) is 5.82. The number of likely N-dealkylation sites (N-methyl/N-ethyl adjacent to an activating group) is 1. The van der Waals surface area contributed by atoms with Crippen LogP contribution in [0.1, 0.15) is 40.5 Å². The molecule has 0 saturated carbocycles. The summed E-state index contributed by atoms with van der Waals surface area (Å²) in [5, 5.41) is 0. The fourth-order valence-corrected chi connectivity index (χ4v) is 2.00. The Hall–Kier alpha value is -0.720. The molecule has 0 N–H and O–H groups in total. The molecule has 0 aromatic heterocycles. The lowest BCUT2D eigenvalue weighted by molar-refractivity contribution is 0.321. The van der Waals surface area contributed by atoms with E-state index in [4.69, 9.17) is 0 Å². The van der Waals surface area contributed by atoms with Gasteiger partial charge in [0.2, 0.25) is 0 Å². The molecule has 0 saturated heterocycles. The molecule has 0 aliphatic carbocycles. The predicted molar refractivity (Wildman–Crippen MR) is 63.1 cm³/mol. The van der Waals surface area contributed by atoms with Crippen molar-refractivity contribution in [1.29, 1.82) is 0 Å². The lowest BCUT2D eigenvalue weighted by Crippen LogP contribution is -2.30. The van der Waals surface area contributed by atoms with Gasteiger partial charge in [0.1, 0.15) is 0 Å². The molecule has 1 atom stereocenters. The van der Waals surface area contributed by atoms with Gasteiger partial charge in [-0.1, -0.05) is 26.8 Å². The molecule has 0 bridgehead atoms. The number of hydrogen-bond acceptors (Lipinski definition) is 1. The van der Waals surface area contributed by atoms with E-state index in [1.54, 1.807) is 0 Å². The third-order valence-corrected chi connectivity index (χ3v) is 2.74. The van der Waals surface area contributed by atoms with Crippen molar-refractivity contribution in [2.45, 2.75) is 46.6 Å². The van der Waals surface area contributed by atoms with Crippen molar-refractivity contribution >= 4 is 0 Å². The average Bonchev–Trinajstić information content (AvgIpc) is 2.16.